The molecule has 0 aromatic carbocycles. The first-order valence-electron chi connectivity index (χ1n) is 10.1. The number of aliphatic hydroxyl groups is 4. The number of fused-ring (bicyclic) bond motifs is 1. The van der Waals surface area contributed by atoms with Crippen molar-refractivity contribution in [1.29, 1.82) is 0 Å². The lowest BCUT2D eigenvalue weighted by Gasteiger charge is -2.60. The Hall–Kier alpha value is -1.16. The van der Waals surface area contributed by atoms with Gasteiger partial charge in [-0.25, -0.2) is 0 Å². The minimum absolute atomic E-state index is 0.0760. The van der Waals surface area contributed by atoms with E-state index in [9.17, 15) is 30.0 Å². The van der Waals surface area contributed by atoms with Crippen LogP contribution in [0.25, 0.3) is 0 Å². The van der Waals surface area contributed by atoms with Crippen molar-refractivity contribution in [2.75, 3.05) is 0 Å². The maximum atomic E-state index is 12.0. The number of carbonyl (C=O) groups excluding carboxylic acids is 2. The normalized spacial score (nSPS) is 49.7. The van der Waals surface area contributed by atoms with Gasteiger partial charge in [-0.15, -0.1) is 0 Å². The Kier molecular flexibility index (Phi) is 5.84. The van der Waals surface area contributed by atoms with Crippen molar-refractivity contribution < 1.29 is 39.5 Å². The molecule has 3 aliphatic rings. The van der Waals surface area contributed by atoms with Crippen LogP contribution in [0.3, 0.4) is 0 Å². The highest BCUT2D eigenvalue weighted by atomic mass is 16.7. The Morgan fingerprint density at radius 3 is 2.34 bits per heavy atom. The van der Waals surface area contributed by atoms with Crippen molar-refractivity contribution in [3.05, 3.63) is 11.6 Å². The fourth-order valence-corrected chi connectivity index (χ4v) is 5.78. The molecule has 1 aliphatic heterocycles. The van der Waals surface area contributed by atoms with Gasteiger partial charge < -0.3 is 29.9 Å². The van der Waals surface area contributed by atoms with E-state index >= 15 is 0 Å². The van der Waals surface area contributed by atoms with Gasteiger partial charge in [0.1, 0.15) is 24.6 Å². The topological polar surface area (TPSA) is 134 Å². The molecule has 164 valence electrons. The average molecular weight is 412 g/mol. The summed E-state index contributed by atoms with van der Waals surface area (Å²) in [7, 11) is 0. The molecular weight excluding hydrogens is 380 g/mol. The van der Waals surface area contributed by atoms with Crippen LogP contribution in [0, 0.1) is 16.7 Å². The number of aliphatic hydroxyl groups excluding tert-OH is 3. The fourth-order valence-electron chi connectivity index (χ4n) is 5.78. The number of ether oxygens (including phenoxy) is 2. The monoisotopic (exact) mass is 412 g/mol. The lowest BCUT2D eigenvalue weighted by molar-refractivity contribution is -0.314. The van der Waals surface area contributed by atoms with E-state index in [1.165, 1.54) is 6.08 Å². The van der Waals surface area contributed by atoms with Gasteiger partial charge in [0, 0.05) is 16.9 Å². The Balaban J connectivity index is 2.04. The largest absolute Gasteiger partial charge is 0.388 e. The molecule has 9 atom stereocenters. The Morgan fingerprint density at radius 1 is 1.10 bits per heavy atom. The maximum Gasteiger partial charge on any atom is 0.187 e. The molecule has 3 rings (SSSR count). The summed E-state index contributed by atoms with van der Waals surface area (Å²) < 4.78 is 11.6. The zero-order chi connectivity index (χ0) is 21.8. The van der Waals surface area contributed by atoms with Gasteiger partial charge in [0.05, 0.1) is 12.2 Å². The standard InChI is InChI=1S/C21H32O8/c1-11-14(24)15(25)16(26)18(28-11)29-13-8-12(9-22)21(27,10-23)20(4)7-5-6-19(2,3)17(13)20/h8-11,13-18,24-27H,5-7H2,1-4H3/t11-,13+,14-,15+,16+,17?,18-,20-,21+/m0/s1. The first-order valence-corrected chi connectivity index (χ1v) is 10.1. The number of rotatable bonds is 4. The van der Waals surface area contributed by atoms with Crippen LogP contribution in [0.1, 0.15) is 47.0 Å². The molecule has 29 heavy (non-hydrogen) atoms. The van der Waals surface area contributed by atoms with Gasteiger partial charge in [-0.2, -0.15) is 0 Å². The fraction of sp³-hybridized carbons (Fsp3) is 0.810. The van der Waals surface area contributed by atoms with E-state index in [1.807, 2.05) is 13.8 Å². The summed E-state index contributed by atoms with van der Waals surface area (Å²) in [5.74, 6) is -0.363. The van der Waals surface area contributed by atoms with Gasteiger partial charge >= 0.3 is 0 Å². The van der Waals surface area contributed by atoms with Crippen LogP contribution in [0.5, 0.6) is 0 Å². The third-order valence-corrected chi connectivity index (χ3v) is 7.43. The predicted octanol–water partition coefficient (Wildman–Crippen LogP) is 0.101. The minimum atomic E-state index is -1.94. The van der Waals surface area contributed by atoms with E-state index in [-0.39, 0.29) is 16.9 Å². The SMILES string of the molecule is C[C@@H]1O[C@@H](O[C@@H]2C=C(C=O)[C@](O)(C=O)[C@@]3(C)CCCC(C)(C)C23)[C@H](O)[C@H](O)[C@H]1O. The van der Waals surface area contributed by atoms with Crippen LogP contribution < -0.4 is 0 Å². The molecule has 0 amide bonds. The number of hydrogen-bond acceptors (Lipinski definition) is 8. The zero-order valence-corrected chi connectivity index (χ0v) is 17.3. The van der Waals surface area contributed by atoms with E-state index in [4.69, 9.17) is 9.47 Å². The molecule has 2 aliphatic carbocycles. The molecule has 0 aromatic heterocycles. The Morgan fingerprint density at radius 2 is 1.76 bits per heavy atom. The smallest absolute Gasteiger partial charge is 0.187 e. The molecule has 1 heterocycles. The third-order valence-electron chi connectivity index (χ3n) is 7.43. The molecule has 1 saturated heterocycles. The van der Waals surface area contributed by atoms with Crippen molar-refractivity contribution >= 4 is 12.6 Å². The predicted molar refractivity (Wildman–Crippen MR) is 102 cm³/mol. The molecule has 8 nitrogen and oxygen atoms in total. The summed E-state index contributed by atoms with van der Waals surface area (Å²) in [5, 5.41) is 41.6. The van der Waals surface area contributed by atoms with Gasteiger partial charge in [-0.3, -0.25) is 9.59 Å². The number of carbonyl (C=O) groups is 2. The van der Waals surface area contributed by atoms with Crippen LogP contribution in [0.4, 0.5) is 0 Å². The van der Waals surface area contributed by atoms with Crippen molar-refractivity contribution in [2.45, 2.75) is 89.4 Å². The summed E-state index contributed by atoms with van der Waals surface area (Å²) >= 11 is 0. The van der Waals surface area contributed by atoms with E-state index in [1.54, 1.807) is 13.8 Å². The second-order valence-corrected chi connectivity index (χ2v) is 9.64. The number of hydrogen-bond donors (Lipinski definition) is 4. The van der Waals surface area contributed by atoms with Gasteiger partial charge in [0.15, 0.2) is 18.2 Å². The Labute approximate surface area is 170 Å². The van der Waals surface area contributed by atoms with Crippen molar-refractivity contribution in [2.24, 2.45) is 16.7 Å². The van der Waals surface area contributed by atoms with Gasteiger partial charge in [-0.1, -0.05) is 27.2 Å². The highest BCUT2D eigenvalue weighted by Gasteiger charge is 2.64. The summed E-state index contributed by atoms with van der Waals surface area (Å²) in [6.07, 6.45) is -2.48. The highest BCUT2D eigenvalue weighted by Crippen LogP contribution is 2.61. The molecule has 8 heteroatoms. The molecular formula is C21H32O8. The average Bonchev–Trinajstić information content (AvgIpc) is 2.66. The highest BCUT2D eigenvalue weighted by molar-refractivity contribution is 5.88. The van der Waals surface area contributed by atoms with Gasteiger partial charge in [0.2, 0.25) is 0 Å². The molecule has 1 unspecified atom stereocenters. The van der Waals surface area contributed by atoms with Crippen LogP contribution in [0.2, 0.25) is 0 Å². The van der Waals surface area contributed by atoms with Crippen molar-refractivity contribution in [3.8, 4) is 0 Å². The second kappa shape index (κ2) is 7.51. The summed E-state index contributed by atoms with van der Waals surface area (Å²) in [6, 6.07) is 0. The molecule has 0 bridgehead atoms. The van der Waals surface area contributed by atoms with Crippen LogP contribution in [-0.4, -0.2) is 75.4 Å². The van der Waals surface area contributed by atoms with Crippen LogP contribution >= 0.6 is 0 Å². The Bertz CT molecular complexity index is 690. The quantitative estimate of drug-likeness (QED) is 0.478. The van der Waals surface area contributed by atoms with Crippen LogP contribution in [0.15, 0.2) is 11.6 Å². The van der Waals surface area contributed by atoms with E-state index < -0.39 is 47.8 Å². The van der Waals surface area contributed by atoms with Gasteiger partial charge in [-0.05, 0) is 31.3 Å². The van der Waals surface area contributed by atoms with Crippen molar-refractivity contribution in [1.82, 2.24) is 0 Å². The lowest BCUT2D eigenvalue weighted by atomic mass is 9.46. The van der Waals surface area contributed by atoms with E-state index in [0.717, 1.165) is 12.8 Å². The molecule has 1 saturated carbocycles. The first-order chi connectivity index (χ1) is 13.4. The summed E-state index contributed by atoms with van der Waals surface area (Å²) in [6.45, 7) is 7.40. The first kappa shape index (κ1) is 22.5. The van der Waals surface area contributed by atoms with E-state index in [0.29, 0.717) is 19.0 Å². The summed E-state index contributed by atoms with van der Waals surface area (Å²) in [5.41, 5.74) is -3.32. The van der Waals surface area contributed by atoms with Gasteiger partial charge in [0.25, 0.3) is 0 Å². The molecule has 0 aromatic rings. The summed E-state index contributed by atoms with van der Waals surface area (Å²) in [4.78, 5) is 23.7. The zero-order valence-electron chi connectivity index (χ0n) is 17.3. The number of aldehydes is 2. The maximum absolute atomic E-state index is 12.0. The van der Waals surface area contributed by atoms with Crippen molar-refractivity contribution in [3.63, 3.8) is 0 Å². The third kappa shape index (κ3) is 3.30. The molecule has 0 spiro atoms. The van der Waals surface area contributed by atoms with Crippen LogP contribution in [-0.2, 0) is 19.1 Å². The minimum Gasteiger partial charge on any atom is -0.388 e. The molecule has 0 radical (unpaired) electrons. The lowest BCUT2D eigenvalue weighted by Crippen LogP contribution is -2.65. The van der Waals surface area contributed by atoms with E-state index in [2.05, 4.69) is 0 Å². The second-order valence-electron chi connectivity index (χ2n) is 9.64. The molecule has 4 N–H and O–H groups in total. The molecule has 2 fully saturated rings.